The van der Waals surface area contributed by atoms with Crippen LogP contribution in [0.1, 0.15) is 10.4 Å². The summed E-state index contributed by atoms with van der Waals surface area (Å²) in [5.41, 5.74) is 0.623. The summed E-state index contributed by atoms with van der Waals surface area (Å²) in [5.74, 6) is -0.162. The Labute approximate surface area is 125 Å². The first kappa shape index (κ1) is 13.7. The molecular weight excluding hydrogens is 363 g/mol. The van der Waals surface area contributed by atoms with Crippen LogP contribution in [0.3, 0.4) is 0 Å². The fourth-order valence-electron chi connectivity index (χ4n) is 1.64. The van der Waals surface area contributed by atoms with E-state index in [1.807, 2.05) is 23.1 Å². The summed E-state index contributed by atoms with van der Waals surface area (Å²) in [7, 11) is 0. The third-order valence-corrected chi connectivity index (χ3v) is 3.64. The minimum atomic E-state index is -0.162. The Balaban J connectivity index is 1.96. The summed E-state index contributed by atoms with van der Waals surface area (Å²) in [4.78, 5) is 13.9. The molecule has 1 aliphatic rings. The summed E-state index contributed by atoms with van der Waals surface area (Å²) >= 11 is 7.40. The Hall–Kier alpha value is -0.730. The van der Waals surface area contributed by atoms with Gasteiger partial charge in [0.1, 0.15) is 0 Å². The van der Waals surface area contributed by atoms with Crippen LogP contribution in [0.15, 0.2) is 24.3 Å². The van der Waals surface area contributed by atoms with Gasteiger partial charge < -0.3 is 9.64 Å². The number of benzene rings is 1. The van der Waals surface area contributed by atoms with Crippen LogP contribution in [0.5, 0.6) is 0 Å². The number of thiocarbonyl (C=S) groups is 1. The molecule has 4 nitrogen and oxygen atoms in total. The molecule has 0 spiro atoms. The fourth-order valence-corrected chi connectivity index (χ4v) is 2.46. The molecule has 0 radical (unpaired) electrons. The first-order chi connectivity index (χ1) is 8.66. The summed E-state index contributed by atoms with van der Waals surface area (Å²) < 4.78 is 6.27. The maximum Gasteiger partial charge on any atom is 0.257 e. The number of carbonyl (C=O) groups excluding carboxylic acids is 1. The van der Waals surface area contributed by atoms with Gasteiger partial charge in [-0.3, -0.25) is 10.1 Å². The van der Waals surface area contributed by atoms with Gasteiger partial charge in [0.05, 0.1) is 13.2 Å². The quantitative estimate of drug-likeness (QED) is 0.598. The molecule has 6 heteroatoms. The summed E-state index contributed by atoms with van der Waals surface area (Å²) in [5, 5.41) is 3.23. The van der Waals surface area contributed by atoms with Gasteiger partial charge in [-0.2, -0.15) is 0 Å². The molecule has 1 amide bonds. The van der Waals surface area contributed by atoms with Crippen molar-refractivity contribution in [2.75, 3.05) is 26.3 Å². The molecule has 1 heterocycles. The lowest BCUT2D eigenvalue weighted by Gasteiger charge is -2.28. The van der Waals surface area contributed by atoms with Crippen molar-refractivity contribution in [3.05, 3.63) is 33.4 Å². The van der Waals surface area contributed by atoms with E-state index in [1.165, 1.54) is 0 Å². The Bertz CT molecular complexity index is 461. The molecule has 1 saturated heterocycles. The highest BCUT2D eigenvalue weighted by atomic mass is 127. The number of nitrogens with zero attached hydrogens (tertiary/aromatic N) is 1. The minimum Gasteiger partial charge on any atom is -0.378 e. The van der Waals surface area contributed by atoms with Crippen LogP contribution in [-0.2, 0) is 4.74 Å². The number of ether oxygens (including phenoxy) is 1. The second kappa shape index (κ2) is 6.44. The van der Waals surface area contributed by atoms with Gasteiger partial charge in [-0.05, 0) is 53.0 Å². The van der Waals surface area contributed by atoms with E-state index in [2.05, 4.69) is 27.9 Å². The number of nitrogens with one attached hydrogen (secondary N) is 1. The topological polar surface area (TPSA) is 41.6 Å². The number of morpholine rings is 1. The zero-order valence-corrected chi connectivity index (χ0v) is 12.7. The van der Waals surface area contributed by atoms with Crippen molar-refractivity contribution in [3.8, 4) is 0 Å². The lowest BCUT2D eigenvalue weighted by molar-refractivity contribution is 0.0669. The van der Waals surface area contributed by atoms with E-state index in [4.69, 9.17) is 17.0 Å². The monoisotopic (exact) mass is 376 g/mol. The van der Waals surface area contributed by atoms with Crippen LogP contribution in [0.4, 0.5) is 0 Å². The molecule has 96 valence electrons. The van der Waals surface area contributed by atoms with Crippen LogP contribution in [0, 0.1) is 3.57 Å². The Morgan fingerprint density at radius 3 is 2.78 bits per heavy atom. The van der Waals surface area contributed by atoms with Gasteiger partial charge in [-0.15, -0.1) is 0 Å². The van der Waals surface area contributed by atoms with Gasteiger partial charge >= 0.3 is 0 Å². The lowest BCUT2D eigenvalue weighted by Crippen LogP contribution is -2.47. The molecule has 0 bridgehead atoms. The van der Waals surface area contributed by atoms with Crippen molar-refractivity contribution < 1.29 is 9.53 Å². The van der Waals surface area contributed by atoms with Crippen LogP contribution in [0.2, 0.25) is 0 Å². The molecule has 0 unspecified atom stereocenters. The predicted octanol–water partition coefficient (Wildman–Crippen LogP) is 1.64. The summed E-state index contributed by atoms with van der Waals surface area (Å²) in [6, 6.07) is 7.41. The number of carbonyl (C=O) groups is 1. The Morgan fingerprint density at radius 2 is 2.11 bits per heavy atom. The average Bonchev–Trinajstić information content (AvgIpc) is 2.39. The molecule has 1 aliphatic heterocycles. The molecule has 0 atom stereocenters. The molecule has 1 fully saturated rings. The maximum absolute atomic E-state index is 12.0. The van der Waals surface area contributed by atoms with Crippen LogP contribution in [-0.4, -0.2) is 42.2 Å². The van der Waals surface area contributed by atoms with Crippen LogP contribution >= 0.6 is 34.8 Å². The normalized spacial score (nSPS) is 15.3. The van der Waals surface area contributed by atoms with Gasteiger partial charge in [-0.25, -0.2) is 0 Å². The van der Waals surface area contributed by atoms with E-state index in [0.717, 1.165) is 16.7 Å². The molecular formula is C12H13IN2O2S. The van der Waals surface area contributed by atoms with Crippen molar-refractivity contribution in [1.82, 2.24) is 10.2 Å². The number of rotatable bonds is 1. The van der Waals surface area contributed by atoms with Crippen molar-refractivity contribution in [1.29, 1.82) is 0 Å². The molecule has 0 aliphatic carbocycles. The fraction of sp³-hybridized carbons (Fsp3) is 0.333. The molecule has 0 saturated carbocycles. The molecule has 18 heavy (non-hydrogen) atoms. The average molecular weight is 376 g/mol. The van der Waals surface area contributed by atoms with E-state index >= 15 is 0 Å². The number of halogens is 1. The summed E-state index contributed by atoms with van der Waals surface area (Å²) in [6.07, 6.45) is 0. The molecule has 1 N–H and O–H groups in total. The maximum atomic E-state index is 12.0. The second-order valence-corrected chi connectivity index (χ2v) is 5.50. The van der Waals surface area contributed by atoms with E-state index in [0.29, 0.717) is 23.9 Å². The number of hydrogen-bond donors (Lipinski definition) is 1. The van der Waals surface area contributed by atoms with E-state index in [-0.39, 0.29) is 5.91 Å². The lowest BCUT2D eigenvalue weighted by atomic mass is 10.2. The standard InChI is InChI=1S/C12H13IN2O2S/c13-10-3-1-2-9(8-10)11(16)14-12(18)15-4-6-17-7-5-15/h1-3,8H,4-7H2,(H,14,16,18). The van der Waals surface area contributed by atoms with E-state index in [9.17, 15) is 4.79 Å². The first-order valence-corrected chi connectivity index (χ1v) is 7.09. The summed E-state index contributed by atoms with van der Waals surface area (Å²) in [6.45, 7) is 2.76. The second-order valence-electron chi connectivity index (χ2n) is 3.87. The van der Waals surface area contributed by atoms with Gasteiger partial charge in [0.2, 0.25) is 0 Å². The van der Waals surface area contributed by atoms with Crippen molar-refractivity contribution in [2.45, 2.75) is 0 Å². The highest BCUT2D eigenvalue weighted by molar-refractivity contribution is 14.1. The van der Waals surface area contributed by atoms with E-state index < -0.39 is 0 Å². The molecule has 1 aromatic carbocycles. The number of hydrogen-bond acceptors (Lipinski definition) is 3. The minimum absolute atomic E-state index is 0.162. The zero-order chi connectivity index (χ0) is 13.0. The molecule has 0 aromatic heterocycles. The van der Waals surface area contributed by atoms with Gasteiger partial charge in [0.15, 0.2) is 5.11 Å². The number of amides is 1. The third kappa shape index (κ3) is 3.63. The molecule has 2 rings (SSSR count). The largest absolute Gasteiger partial charge is 0.378 e. The highest BCUT2D eigenvalue weighted by Gasteiger charge is 2.16. The Kier molecular flexibility index (Phi) is 4.90. The van der Waals surface area contributed by atoms with Gasteiger partial charge in [-0.1, -0.05) is 6.07 Å². The predicted molar refractivity (Wildman–Crippen MR) is 81.6 cm³/mol. The van der Waals surface area contributed by atoms with Gasteiger partial charge in [0.25, 0.3) is 5.91 Å². The van der Waals surface area contributed by atoms with Crippen molar-refractivity contribution in [3.63, 3.8) is 0 Å². The van der Waals surface area contributed by atoms with Crippen LogP contribution < -0.4 is 5.32 Å². The van der Waals surface area contributed by atoms with Crippen LogP contribution in [0.25, 0.3) is 0 Å². The highest BCUT2D eigenvalue weighted by Crippen LogP contribution is 2.08. The first-order valence-electron chi connectivity index (χ1n) is 5.60. The third-order valence-electron chi connectivity index (χ3n) is 2.61. The zero-order valence-electron chi connectivity index (χ0n) is 9.69. The SMILES string of the molecule is O=C(NC(=S)N1CCOCC1)c1cccc(I)c1. The smallest absolute Gasteiger partial charge is 0.257 e. The van der Waals surface area contributed by atoms with Crippen molar-refractivity contribution >= 4 is 45.8 Å². The van der Waals surface area contributed by atoms with Crippen molar-refractivity contribution in [2.24, 2.45) is 0 Å². The van der Waals surface area contributed by atoms with Gasteiger partial charge in [0, 0.05) is 22.2 Å². The Morgan fingerprint density at radius 1 is 1.39 bits per heavy atom. The molecule has 1 aromatic rings. The van der Waals surface area contributed by atoms with E-state index in [1.54, 1.807) is 6.07 Å².